The van der Waals surface area contributed by atoms with Gasteiger partial charge in [-0.1, -0.05) is 30.3 Å². The van der Waals surface area contributed by atoms with Crippen molar-refractivity contribution in [1.29, 1.82) is 0 Å². The lowest BCUT2D eigenvalue weighted by atomic mass is 10.0. The first kappa shape index (κ1) is 18.2. The molecule has 0 bridgehead atoms. The monoisotopic (exact) mass is 379 g/mol. The Kier molecular flexibility index (Phi) is 4.83. The lowest BCUT2D eigenvalue weighted by molar-refractivity contribution is -0.139. The molecule has 144 valence electrons. The number of phenols is 1. The topological polar surface area (TPSA) is 104 Å². The highest BCUT2D eigenvalue weighted by Gasteiger charge is 2.22. The van der Waals surface area contributed by atoms with E-state index in [9.17, 15) is 19.8 Å². The molecule has 7 heteroatoms. The van der Waals surface area contributed by atoms with Crippen molar-refractivity contribution in [3.05, 3.63) is 69.8 Å². The number of benzene rings is 2. The first-order chi connectivity index (χ1) is 13.5. The van der Waals surface area contributed by atoms with E-state index in [1.54, 1.807) is 10.6 Å². The summed E-state index contributed by atoms with van der Waals surface area (Å²) < 4.78 is 1.64. The van der Waals surface area contributed by atoms with Gasteiger partial charge in [0.15, 0.2) is 0 Å². The molecule has 0 spiro atoms. The van der Waals surface area contributed by atoms with Crippen molar-refractivity contribution < 1.29 is 15.0 Å². The van der Waals surface area contributed by atoms with Crippen LogP contribution in [0.2, 0.25) is 0 Å². The SMILES string of the molecule is O=C(O)C(Cc1ccccc1)NCc1c(O)ccc2nc3n(c(=O)c12)CCC3. The first-order valence-corrected chi connectivity index (χ1v) is 9.29. The summed E-state index contributed by atoms with van der Waals surface area (Å²) in [5.74, 6) is -0.268. The number of aryl methyl sites for hydroxylation is 1. The number of hydrogen-bond acceptors (Lipinski definition) is 5. The molecule has 0 amide bonds. The number of aromatic nitrogens is 2. The number of carboxylic acid groups (broad SMARTS) is 1. The van der Waals surface area contributed by atoms with Crippen molar-refractivity contribution in [3.8, 4) is 5.75 Å². The van der Waals surface area contributed by atoms with Crippen LogP contribution in [0.15, 0.2) is 47.3 Å². The molecular weight excluding hydrogens is 358 g/mol. The van der Waals surface area contributed by atoms with Gasteiger partial charge in [0.2, 0.25) is 0 Å². The number of hydrogen-bond donors (Lipinski definition) is 3. The van der Waals surface area contributed by atoms with E-state index in [-0.39, 0.29) is 17.9 Å². The van der Waals surface area contributed by atoms with Gasteiger partial charge in [-0.3, -0.25) is 19.5 Å². The number of aromatic hydroxyl groups is 1. The molecular formula is C21H21N3O4. The molecule has 1 aliphatic heterocycles. The van der Waals surface area contributed by atoms with Crippen molar-refractivity contribution >= 4 is 16.9 Å². The minimum absolute atomic E-state index is 0.0405. The quantitative estimate of drug-likeness (QED) is 0.604. The molecule has 4 rings (SSSR count). The van der Waals surface area contributed by atoms with Gasteiger partial charge >= 0.3 is 5.97 Å². The maximum Gasteiger partial charge on any atom is 0.321 e. The maximum atomic E-state index is 12.9. The van der Waals surface area contributed by atoms with Crippen molar-refractivity contribution in [3.63, 3.8) is 0 Å². The summed E-state index contributed by atoms with van der Waals surface area (Å²) in [7, 11) is 0. The van der Waals surface area contributed by atoms with E-state index >= 15 is 0 Å². The van der Waals surface area contributed by atoms with Gasteiger partial charge in [-0.05, 0) is 30.5 Å². The fourth-order valence-electron chi connectivity index (χ4n) is 3.73. The van der Waals surface area contributed by atoms with E-state index in [1.807, 2.05) is 30.3 Å². The number of carboxylic acids is 1. The first-order valence-electron chi connectivity index (χ1n) is 9.29. The van der Waals surface area contributed by atoms with Crippen LogP contribution in [0.3, 0.4) is 0 Å². The minimum Gasteiger partial charge on any atom is -0.508 e. The highest BCUT2D eigenvalue weighted by Crippen LogP contribution is 2.25. The molecule has 3 N–H and O–H groups in total. The highest BCUT2D eigenvalue weighted by atomic mass is 16.4. The summed E-state index contributed by atoms with van der Waals surface area (Å²) in [6, 6.07) is 11.6. The van der Waals surface area contributed by atoms with Crippen LogP contribution in [0.5, 0.6) is 5.75 Å². The van der Waals surface area contributed by atoms with Gasteiger partial charge in [0, 0.05) is 25.1 Å². The Balaban J connectivity index is 1.66. The van der Waals surface area contributed by atoms with E-state index in [1.165, 1.54) is 6.07 Å². The third kappa shape index (κ3) is 3.36. The number of nitrogens with zero attached hydrogens (tertiary/aromatic N) is 2. The summed E-state index contributed by atoms with van der Waals surface area (Å²) in [6.07, 6.45) is 1.93. The second-order valence-corrected chi connectivity index (χ2v) is 7.01. The van der Waals surface area contributed by atoms with E-state index in [4.69, 9.17) is 0 Å². The summed E-state index contributed by atoms with van der Waals surface area (Å²) in [5, 5.41) is 23.3. The van der Waals surface area contributed by atoms with E-state index in [0.717, 1.165) is 24.2 Å². The molecule has 2 heterocycles. The van der Waals surface area contributed by atoms with Crippen LogP contribution in [0.25, 0.3) is 10.9 Å². The number of rotatable bonds is 6. The molecule has 28 heavy (non-hydrogen) atoms. The average Bonchev–Trinajstić information content (AvgIpc) is 3.16. The molecule has 0 fully saturated rings. The molecule has 1 atom stereocenters. The second kappa shape index (κ2) is 7.44. The molecule has 1 aromatic heterocycles. The second-order valence-electron chi connectivity index (χ2n) is 7.01. The normalized spacial score (nSPS) is 14.1. The van der Waals surface area contributed by atoms with Gasteiger partial charge in [0.05, 0.1) is 10.9 Å². The number of fused-ring (bicyclic) bond motifs is 2. The van der Waals surface area contributed by atoms with Crippen molar-refractivity contribution in [2.45, 2.75) is 38.4 Å². The maximum absolute atomic E-state index is 12.9. The Morgan fingerprint density at radius 3 is 2.75 bits per heavy atom. The van der Waals surface area contributed by atoms with Crippen molar-refractivity contribution in [1.82, 2.24) is 14.9 Å². The van der Waals surface area contributed by atoms with E-state index in [2.05, 4.69) is 10.3 Å². The zero-order valence-corrected chi connectivity index (χ0v) is 15.3. The summed E-state index contributed by atoms with van der Waals surface area (Å²) in [4.78, 5) is 29.2. The van der Waals surface area contributed by atoms with Gasteiger partial charge in [0.1, 0.15) is 17.6 Å². The molecule has 7 nitrogen and oxygen atoms in total. The molecule has 0 aliphatic carbocycles. The molecule has 1 unspecified atom stereocenters. The van der Waals surface area contributed by atoms with Gasteiger partial charge in [-0.2, -0.15) is 0 Å². The van der Waals surface area contributed by atoms with Gasteiger partial charge in [-0.15, -0.1) is 0 Å². The van der Waals surface area contributed by atoms with Crippen LogP contribution in [0.1, 0.15) is 23.4 Å². The van der Waals surface area contributed by atoms with Crippen LogP contribution in [-0.4, -0.2) is 31.8 Å². The summed E-state index contributed by atoms with van der Waals surface area (Å²) >= 11 is 0. The largest absolute Gasteiger partial charge is 0.508 e. The molecule has 3 aromatic rings. The van der Waals surface area contributed by atoms with Gasteiger partial charge < -0.3 is 10.2 Å². The van der Waals surface area contributed by atoms with Gasteiger partial charge in [-0.25, -0.2) is 4.98 Å². The predicted molar refractivity (Wildman–Crippen MR) is 104 cm³/mol. The fourth-order valence-corrected chi connectivity index (χ4v) is 3.73. The average molecular weight is 379 g/mol. The number of phenolic OH excluding ortho intramolecular Hbond substituents is 1. The molecule has 0 saturated carbocycles. The Hall–Kier alpha value is -3.19. The zero-order valence-electron chi connectivity index (χ0n) is 15.3. The Labute approximate surface area is 161 Å². The zero-order chi connectivity index (χ0) is 19.7. The lowest BCUT2D eigenvalue weighted by Gasteiger charge is -2.16. The summed E-state index contributed by atoms with van der Waals surface area (Å²) in [6.45, 7) is 0.675. The minimum atomic E-state index is -0.987. The smallest absolute Gasteiger partial charge is 0.321 e. The molecule has 0 radical (unpaired) electrons. The van der Waals surface area contributed by atoms with E-state index < -0.39 is 12.0 Å². The Bertz CT molecular complexity index is 1090. The Morgan fingerprint density at radius 2 is 2.00 bits per heavy atom. The third-order valence-corrected chi connectivity index (χ3v) is 5.17. The van der Waals surface area contributed by atoms with Gasteiger partial charge in [0.25, 0.3) is 5.56 Å². The lowest BCUT2D eigenvalue weighted by Crippen LogP contribution is -2.38. The van der Waals surface area contributed by atoms with Crippen molar-refractivity contribution in [2.75, 3.05) is 0 Å². The third-order valence-electron chi connectivity index (χ3n) is 5.17. The molecule has 0 saturated heterocycles. The predicted octanol–water partition coefficient (Wildman–Crippen LogP) is 1.83. The standard InChI is InChI=1S/C21H21N3O4/c25-17-9-8-15-19(20(26)24-10-4-7-18(24)23-15)14(17)12-22-16(21(27)28)11-13-5-2-1-3-6-13/h1-3,5-6,8-9,16,22,25H,4,7,10-12H2,(H,27,28). The van der Waals surface area contributed by atoms with Crippen LogP contribution in [0.4, 0.5) is 0 Å². The van der Waals surface area contributed by atoms with E-state index in [0.29, 0.717) is 29.4 Å². The number of aliphatic carboxylic acids is 1. The number of nitrogens with one attached hydrogen (secondary N) is 1. The van der Waals surface area contributed by atoms with Crippen LogP contribution in [-0.2, 0) is 30.7 Å². The molecule has 1 aliphatic rings. The Morgan fingerprint density at radius 1 is 1.21 bits per heavy atom. The van der Waals surface area contributed by atoms with Crippen LogP contribution < -0.4 is 10.9 Å². The fraction of sp³-hybridized carbons (Fsp3) is 0.286. The number of carbonyl (C=O) groups is 1. The summed E-state index contributed by atoms with van der Waals surface area (Å²) in [5.41, 5.74) is 1.63. The van der Waals surface area contributed by atoms with Crippen molar-refractivity contribution in [2.24, 2.45) is 0 Å². The molecule has 2 aromatic carbocycles. The van der Waals surface area contributed by atoms with Crippen LogP contribution >= 0.6 is 0 Å². The van der Waals surface area contributed by atoms with Crippen LogP contribution in [0, 0.1) is 0 Å². The highest BCUT2D eigenvalue weighted by molar-refractivity contribution is 5.84.